The first-order chi connectivity index (χ1) is 9.28. The van der Waals surface area contributed by atoms with Gasteiger partial charge in [0.1, 0.15) is 5.69 Å². The molecule has 3 aromatic rings. The first-order valence-electron chi connectivity index (χ1n) is 5.59. The molecule has 0 amide bonds. The number of benzene rings is 1. The van der Waals surface area contributed by atoms with E-state index < -0.39 is 0 Å². The number of carbonyl (C=O) groups excluding carboxylic acids is 1. The summed E-state index contributed by atoms with van der Waals surface area (Å²) in [5, 5.41) is 8.71. The minimum absolute atomic E-state index is 0.502. The minimum atomic E-state index is 0.502. The summed E-state index contributed by atoms with van der Waals surface area (Å²) in [6, 6.07) is 9.09. The van der Waals surface area contributed by atoms with E-state index in [2.05, 4.69) is 15.3 Å². The maximum absolute atomic E-state index is 10.6. The predicted molar refractivity (Wildman–Crippen MR) is 71.5 cm³/mol. The van der Waals surface area contributed by atoms with Crippen molar-refractivity contribution >= 4 is 17.9 Å². The van der Waals surface area contributed by atoms with Crippen LogP contribution in [0.1, 0.15) is 10.5 Å². The minimum Gasteiger partial charge on any atom is -0.358 e. The lowest BCUT2D eigenvalue weighted by atomic mass is 10.2. The van der Waals surface area contributed by atoms with Crippen LogP contribution in [0.5, 0.6) is 0 Å². The van der Waals surface area contributed by atoms with Crippen LogP contribution in [0.15, 0.2) is 42.7 Å². The Bertz CT molecular complexity index is 732. The van der Waals surface area contributed by atoms with E-state index in [1.54, 1.807) is 29.2 Å². The van der Waals surface area contributed by atoms with Gasteiger partial charge in [0, 0.05) is 11.8 Å². The molecule has 2 aromatic heterocycles. The van der Waals surface area contributed by atoms with Gasteiger partial charge in [-0.3, -0.25) is 4.79 Å². The van der Waals surface area contributed by atoms with Gasteiger partial charge in [-0.1, -0.05) is 28.9 Å². The van der Waals surface area contributed by atoms with Crippen molar-refractivity contribution in [3.63, 3.8) is 0 Å². The van der Waals surface area contributed by atoms with Gasteiger partial charge in [0.25, 0.3) is 0 Å². The lowest BCUT2D eigenvalue weighted by Crippen LogP contribution is -1.95. The molecule has 3 rings (SSSR count). The molecule has 0 spiro atoms. The molecule has 0 saturated carbocycles. The zero-order valence-corrected chi connectivity index (χ0v) is 10.5. The van der Waals surface area contributed by atoms with E-state index in [9.17, 15) is 4.79 Å². The van der Waals surface area contributed by atoms with Crippen LogP contribution in [0, 0.1) is 0 Å². The van der Waals surface area contributed by atoms with Crippen molar-refractivity contribution < 1.29 is 4.79 Å². The van der Waals surface area contributed by atoms with Gasteiger partial charge in [0.15, 0.2) is 6.29 Å². The Morgan fingerprint density at radius 2 is 2.16 bits per heavy atom. The molecular formula is C13H9ClN4O. The fourth-order valence-corrected chi connectivity index (χ4v) is 2.00. The van der Waals surface area contributed by atoms with E-state index in [4.69, 9.17) is 11.6 Å². The Labute approximate surface area is 113 Å². The number of aromatic amines is 1. The summed E-state index contributed by atoms with van der Waals surface area (Å²) >= 11 is 6.10. The van der Waals surface area contributed by atoms with Gasteiger partial charge >= 0.3 is 0 Å². The molecule has 0 radical (unpaired) electrons. The number of nitrogens with one attached hydrogen (secondary N) is 1. The van der Waals surface area contributed by atoms with Gasteiger partial charge in [0.2, 0.25) is 0 Å². The smallest absolute Gasteiger partial charge is 0.166 e. The van der Waals surface area contributed by atoms with E-state index >= 15 is 0 Å². The summed E-state index contributed by atoms with van der Waals surface area (Å²) in [5.74, 6) is 0. The number of nitrogens with zero attached hydrogens (tertiary/aromatic N) is 3. The first-order valence-corrected chi connectivity index (χ1v) is 5.97. The third kappa shape index (κ3) is 2.15. The van der Waals surface area contributed by atoms with E-state index in [1.165, 1.54) is 0 Å². The van der Waals surface area contributed by atoms with Crippen LogP contribution in [0.3, 0.4) is 0 Å². The standard InChI is InChI=1S/C13H9ClN4O/c14-11-3-1-2-4-13(11)18-7-12(16-17-18)9-5-10(8-19)15-6-9/h1-8,15H. The molecule has 0 aliphatic carbocycles. The lowest BCUT2D eigenvalue weighted by molar-refractivity contribution is 0.111. The SMILES string of the molecule is O=Cc1cc(-c2cn(-c3ccccc3Cl)nn2)c[nH]1. The Kier molecular flexibility index (Phi) is 2.89. The Morgan fingerprint density at radius 1 is 1.32 bits per heavy atom. The van der Waals surface area contributed by atoms with Crippen molar-refractivity contribution in [1.29, 1.82) is 0 Å². The zero-order chi connectivity index (χ0) is 13.2. The van der Waals surface area contributed by atoms with E-state index in [1.807, 2.05) is 18.2 Å². The van der Waals surface area contributed by atoms with Gasteiger partial charge in [-0.25, -0.2) is 4.68 Å². The molecule has 94 valence electrons. The molecule has 0 fully saturated rings. The van der Waals surface area contributed by atoms with Crippen molar-refractivity contribution in [2.24, 2.45) is 0 Å². The fraction of sp³-hybridized carbons (Fsp3) is 0. The molecule has 1 aromatic carbocycles. The Hall–Kier alpha value is -2.40. The molecule has 1 N–H and O–H groups in total. The largest absolute Gasteiger partial charge is 0.358 e. The summed E-state index contributed by atoms with van der Waals surface area (Å²) in [5.41, 5.74) is 2.74. The van der Waals surface area contributed by atoms with Crippen molar-refractivity contribution in [2.75, 3.05) is 0 Å². The molecule has 0 unspecified atom stereocenters. The second-order valence-electron chi connectivity index (χ2n) is 3.96. The highest BCUT2D eigenvalue weighted by molar-refractivity contribution is 6.32. The van der Waals surface area contributed by atoms with E-state index in [-0.39, 0.29) is 0 Å². The average Bonchev–Trinajstić information content (AvgIpc) is 3.08. The highest BCUT2D eigenvalue weighted by Gasteiger charge is 2.09. The van der Waals surface area contributed by atoms with Crippen LogP contribution in [-0.2, 0) is 0 Å². The molecule has 19 heavy (non-hydrogen) atoms. The third-order valence-electron chi connectivity index (χ3n) is 2.72. The maximum Gasteiger partial charge on any atom is 0.166 e. The number of halogens is 1. The second-order valence-corrected chi connectivity index (χ2v) is 4.37. The third-order valence-corrected chi connectivity index (χ3v) is 3.04. The van der Waals surface area contributed by atoms with Crippen molar-refractivity contribution in [3.05, 3.63) is 53.4 Å². The number of hydrogen-bond acceptors (Lipinski definition) is 3. The van der Waals surface area contributed by atoms with E-state index in [0.29, 0.717) is 16.4 Å². The van der Waals surface area contributed by atoms with Gasteiger partial charge < -0.3 is 4.98 Å². The first kappa shape index (κ1) is 11.7. The van der Waals surface area contributed by atoms with Gasteiger partial charge in [-0.15, -0.1) is 5.10 Å². The normalized spacial score (nSPS) is 10.6. The molecule has 2 heterocycles. The topological polar surface area (TPSA) is 63.6 Å². The number of para-hydroxylation sites is 1. The number of H-pyrrole nitrogens is 1. The molecule has 0 aliphatic heterocycles. The molecule has 0 aliphatic rings. The van der Waals surface area contributed by atoms with Crippen LogP contribution in [0.2, 0.25) is 5.02 Å². The molecule has 0 atom stereocenters. The molecule has 0 bridgehead atoms. The van der Waals surface area contributed by atoms with Crippen LogP contribution < -0.4 is 0 Å². The lowest BCUT2D eigenvalue weighted by Gasteiger charge is -2.01. The number of hydrogen-bond donors (Lipinski definition) is 1. The summed E-state index contributed by atoms with van der Waals surface area (Å²) in [7, 11) is 0. The summed E-state index contributed by atoms with van der Waals surface area (Å²) in [6.07, 6.45) is 4.23. The predicted octanol–water partition coefficient (Wildman–Crippen LogP) is 2.73. The highest BCUT2D eigenvalue weighted by atomic mass is 35.5. The van der Waals surface area contributed by atoms with Gasteiger partial charge in [0.05, 0.1) is 22.6 Å². The quantitative estimate of drug-likeness (QED) is 0.746. The molecule has 6 heteroatoms. The zero-order valence-electron chi connectivity index (χ0n) is 9.75. The summed E-state index contributed by atoms with van der Waals surface area (Å²) < 4.78 is 1.60. The van der Waals surface area contributed by atoms with Gasteiger partial charge in [-0.2, -0.15) is 0 Å². The Balaban J connectivity index is 2.00. The molecule has 0 saturated heterocycles. The van der Waals surface area contributed by atoms with Crippen LogP contribution >= 0.6 is 11.6 Å². The van der Waals surface area contributed by atoms with E-state index in [0.717, 1.165) is 17.5 Å². The summed E-state index contributed by atoms with van der Waals surface area (Å²) in [4.78, 5) is 13.5. The Morgan fingerprint density at radius 3 is 2.89 bits per heavy atom. The van der Waals surface area contributed by atoms with Crippen molar-refractivity contribution in [3.8, 4) is 16.9 Å². The number of aromatic nitrogens is 4. The van der Waals surface area contributed by atoms with Crippen molar-refractivity contribution in [2.45, 2.75) is 0 Å². The fourth-order valence-electron chi connectivity index (χ4n) is 1.78. The van der Waals surface area contributed by atoms with Gasteiger partial charge in [-0.05, 0) is 18.2 Å². The maximum atomic E-state index is 10.6. The van der Waals surface area contributed by atoms with Crippen LogP contribution in [-0.4, -0.2) is 26.3 Å². The monoisotopic (exact) mass is 272 g/mol. The molecule has 5 nitrogen and oxygen atoms in total. The summed E-state index contributed by atoms with van der Waals surface area (Å²) in [6.45, 7) is 0. The second kappa shape index (κ2) is 4.70. The van der Waals surface area contributed by atoms with Crippen LogP contribution in [0.25, 0.3) is 16.9 Å². The average molecular weight is 273 g/mol. The number of rotatable bonds is 3. The van der Waals surface area contributed by atoms with Crippen molar-refractivity contribution in [1.82, 2.24) is 20.0 Å². The van der Waals surface area contributed by atoms with Crippen LogP contribution in [0.4, 0.5) is 0 Å². The number of aldehydes is 1. The molecular weight excluding hydrogens is 264 g/mol. The number of carbonyl (C=O) groups is 1. The highest BCUT2D eigenvalue weighted by Crippen LogP contribution is 2.22.